The first-order valence-corrected chi connectivity index (χ1v) is 13.0. The Hall–Kier alpha value is -0.830. The fourth-order valence-corrected chi connectivity index (χ4v) is 8.25. The van der Waals surface area contributed by atoms with Gasteiger partial charge in [0.25, 0.3) is 0 Å². The van der Waals surface area contributed by atoms with Crippen molar-refractivity contribution in [2.75, 3.05) is 0 Å². The van der Waals surface area contributed by atoms with Gasteiger partial charge in [-0.15, -0.1) is 0 Å². The van der Waals surface area contributed by atoms with Crippen molar-refractivity contribution in [1.82, 2.24) is 0 Å². The van der Waals surface area contributed by atoms with E-state index in [1.807, 2.05) is 13.8 Å². The predicted molar refractivity (Wildman–Crippen MR) is 127 cm³/mol. The molecule has 0 amide bonds. The van der Waals surface area contributed by atoms with E-state index in [9.17, 15) is 35.4 Å². The third-order valence-corrected chi connectivity index (χ3v) is 10.7. The van der Waals surface area contributed by atoms with Crippen LogP contribution in [-0.4, -0.2) is 72.0 Å². The molecule has 4 rings (SSSR count). The number of fused-ring (bicyclic) bond motifs is 5. The highest BCUT2D eigenvalue weighted by Crippen LogP contribution is 2.68. The summed E-state index contributed by atoms with van der Waals surface area (Å²) in [7, 11) is 0. The number of ketones is 1. The van der Waals surface area contributed by atoms with E-state index in [0.717, 1.165) is 18.4 Å². The average molecular weight is 481 g/mol. The van der Waals surface area contributed by atoms with Gasteiger partial charge < -0.3 is 30.6 Å². The van der Waals surface area contributed by atoms with Crippen molar-refractivity contribution in [3.63, 3.8) is 0 Å². The fraction of sp³-hybridized carbons (Fsp3) is 0.889. The van der Waals surface area contributed by atoms with Gasteiger partial charge in [-0.2, -0.15) is 0 Å². The van der Waals surface area contributed by atoms with E-state index >= 15 is 0 Å². The van der Waals surface area contributed by atoms with Crippen LogP contribution in [0.3, 0.4) is 0 Å². The number of hydrogen-bond donors (Lipinski definition) is 6. The lowest BCUT2D eigenvalue weighted by molar-refractivity contribution is -0.155. The van der Waals surface area contributed by atoms with Crippen molar-refractivity contribution < 1.29 is 35.4 Å². The van der Waals surface area contributed by atoms with Gasteiger partial charge in [0.2, 0.25) is 0 Å². The van der Waals surface area contributed by atoms with Gasteiger partial charge in [-0.05, 0) is 87.2 Å². The molecule has 6 N–H and O–H groups in total. The van der Waals surface area contributed by atoms with Crippen molar-refractivity contribution >= 4 is 5.78 Å². The maximum Gasteiger partial charge on any atom is 0.159 e. The Balaban J connectivity index is 1.63. The summed E-state index contributed by atoms with van der Waals surface area (Å²) in [6.45, 7) is 9.09. The van der Waals surface area contributed by atoms with Gasteiger partial charge in [0, 0.05) is 17.8 Å². The third kappa shape index (κ3) is 3.73. The Bertz CT molecular complexity index is 848. The van der Waals surface area contributed by atoms with Crippen LogP contribution < -0.4 is 0 Å². The number of aliphatic hydroxyl groups excluding tert-OH is 4. The largest absolute Gasteiger partial charge is 0.393 e. The summed E-state index contributed by atoms with van der Waals surface area (Å²) in [4.78, 5) is 13.2. The minimum atomic E-state index is -1.31. The number of aliphatic hydroxyl groups is 6. The van der Waals surface area contributed by atoms with Crippen LogP contribution in [0.4, 0.5) is 0 Å². The number of carbonyl (C=O) groups excluding carboxylic acids is 1. The monoisotopic (exact) mass is 480 g/mol. The van der Waals surface area contributed by atoms with E-state index < -0.39 is 46.4 Å². The normalized spacial score (nSPS) is 47.2. The van der Waals surface area contributed by atoms with E-state index in [-0.39, 0.29) is 42.3 Å². The first-order chi connectivity index (χ1) is 15.6. The number of hydrogen-bond acceptors (Lipinski definition) is 7. The summed E-state index contributed by atoms with van der Waals surface area (Å²) in [6, 6.07) is 0. The highest BCUT2D eigenvalue weighted by molar-refractivity contribution is 5.95. The van der Waals surface area contributed by atoms with Gasteiger partial charge in [-0.25, -0.2) is 0 Å². The SMILES string of the molecule is C[C@H]([C@H](O)C[C@H](O)C(C)(C)O)[C@H]1CC[C@@]2(O)C3=CC(=O)[C@@H]4C[C@@H](O)[C@@H](O)C[C@]4(C)[C@H]3CC[C@]12C. The summed E-state index contributed by atoms with van der Waals surface area (Å²) in [6.07, 6.45) is 1.34. The first-order valence-electron chi connectivity index (χ1n) is 13.0. The Kier molecular flexibility index (Phi) is 6.45. The molecule has 0 aromatic carbocycles. The summed E-state index contributed by atoms with van der Waals surface area (Å²) in [5.41, 5.74) is -2.75. The molecule has 0 unspecified atom stereocenters. The fourth-order valence-electron chi connectivity index (χ4n) is 8.25. The molecule has 3 saturated carbocycles. The predicted octanol–water partition coefficient (Wildman–Crippen LogP) is 1.71. The van der Waals surface area contributed by atoms with Crippen LogP contribution in [-0.2, 0) is 4.79 Å². The van der Waals surface area contributed by atoms with Crippen LogP contribution >= 0.6 is 0 Å². The second-order valence-electron chi connectivity index (χ2n) is 13.0. The van der Waals surface area contributed by atoms with Crippen LogP contribution in [0.1, 0.15) is 79.6 Å². The first kappa shape index (κ1) is 26.2. The summed E-state index contributed by atoms with van der Waals surface area (Å²) < 4.78 is 0. The second-order valence-corrected chi connectivity index (χ2v) is 13.0. The maximum atomic E-state index is 13.2. The molecular weight excluding hydrogens is 436 g/mol. The average Bonchev–Trinajstić information content (AvgIpc) is 3.00. The second kappa shape index (κ2) is 8.35. The van der Waals surface area contributed by atoms with E-state index in [2.05, 4.69) is 6.92 Å². The van der Waals surface area contributed by atoms with Gasteiger partial charge in [-0.1, -0.05) is 20.8 Å². The summed E-state index contributed by atoms with van der Waals surface area (Å²) >= 11 is 0. The molecule has 3 fully saturated rings. The minimum Gasteiger partial charge on any atom is -0.393 e. The maximum absolute atomic E-state index is 13.2. The standard InChI is InChI=1S/C27H44O7/c1-14(19(28)12-23(32)24(2,3)33)15-7-9-27(34)17-10-20(29)18-11-21(30)22(31)13-25(18,4)16(17)6-8-26(15,27)5/h10,14-16,18-19,21-23,28,30-34H,6-9,11-13H2,1-5H3/t14-,15+,16-,18-,19+,21+,22-,23-,25+,26+,27+/m0/s1. The van der Waals surface area contributed by atoms with Crippen molar-refractivity contribution in [2.24, 2.45) is 34.5 Å². The molecule has 0 aliphatic heterocycles. The molecule has 0 saturated heterocycles. The van der Waals surface area contributed by atoms with Crippen LogP contribution in [0.5, 0.6) is 0 Å². The molecule has 0 aromatic heterocycles. The molecule has 7 heteroatoms. The van der Waals surface area contributed by atoms with Gasteiger partial charge >= 0.3 is 0 Å². The van der Waals surface area contributed by atoms with Crippen LogP contribution in [0.25, 0.3) is 0 Å². The molecule has 4 aliphatic carbocycles. The van der Waals surface area contributed by atoms with Crippen LogP contribution in [0.15, 0.2) is 11.6 Å². The van der Waals surface area contributed by atoms with Crippen LogP contribution in [0.2, 0.25) is 0 Å². The Morgan fingerprint density at radius 3 is 2.35 bits per heavy atom. The molecule has 0 spiro atoms. The van der Waals surface area contributed by atoms with E-state index in [4.69, 9.17) is 0 Å². The summed E-state index contributed by atoms with van der Waals surface area (Å²) in [5.74, 6) is -0.673. The highest BCUT2D eigenvalue weighted by atomic mass is 16.3. The number of allylic oxidation sites excluding steroid dienone is 1. The molecule has 11 atom stereocenters. The molecule has 0 bridgehead atoms. The van der Waals surface area contributed by atoms with E-state index in [1.54, 1.807) is 6.08 Å². The smallest absolute Gasteiger partial charge is 0.159 e. The lowest BCUT2D eigenvalue weighted by Crippen LogP contribution is -2.61. The zero-order valence-electron chi connectivity index (χ0n) is 21.2. The van der Waals surface area contributed by atoms with Crippen LogP contribution in [0, 0.1) is 34.5 Å². The van der Waals surface area contributed by atoms with Gasteiger partial charge in [-0.3, -0.25) is 4.79 Å². The van der Waals surface area contributed by atoms with Crippen molar-refractivity contribution in [3.8, 4) is 0 Å². The van der Waals surface area contributed by atoms with Gasteiger partial charge in [0.1, 0.15) is 0 Å². The Labute approximate surface area is 202 Å². The Morgan fingerprint density at radius 2 is 1.74 bits per heavy atom. The van der Waals surface area contributed by atoms with Crippen molar-refractivity contribution in [1.29, 1.82) is 0 Å². The molecule has 0 radical (unpaired) electrons. The zero-order valence-corrected chi connectivity index (χ0v) is 21.2. The number of carbonyl (C=O) groups is 1. The number of rotatable bonds is 5. The molecule has 0 heterocycles. The molecular formula is C27H44O7. The minimum absolute atomic E-state index is 0.0113. The lowest BCUT2D eigenvalue weighted by Gasteiger charge is -2.60. The topological polar surface area (TPSA) is 138 Å². The Morgan fingerprint density at radius 1 is 1.09 bits per heavy atom. The lowest BCUT2D eigenvalue weighted by atomic mass is 9.46. The van der Waals surface area contributed by atoms with Crippen molar-refractivity contribution in [3.05, 3.63) is 11.6 Å². The molecule has 4 aliphatic rings. The summed E-state index contributed by atoms with van der Waals surface area (Å²) in [5, 5.41) is 64.2. The molecule has 34 heavy (non-hydrogen) atoms. The highest BCUT2D eigenvalue weighted by Gasteiger charge is 2.67. The third-order valence-electron chi connectivity index (χ3n) is 10.7. The van der Waals surface area contributed by atoms with Gasteiger partial charge in [0.15, 0.2) is 5.78 Å². The van der Waals surface area contributed by atoms with E-state index in [1.165, 1.54) is 13.8 Å². The molecule has 0 aromatic rings. The van der Waals surface area contributed by atoms with Crippen molar-refractivity contribution in [2.45, 2.75) is 115 Å². The zero-order chi connectivity index (χ0) is 25.4. The van der Waals surface area contributed by atoms with E-state index in [0.29, 0.717) is 19.3 Å². The molecule has 7 nitrogen and oxygen atoms in total. The molecule has 194 valence electrons. The quantitative estimate of drug-likeness (QED) is 0.352. The van der Waals surface area contributed by atoms with Gasteiger partial charge in [0.05, 0.1) is 35.6 Å².